The first-order valence-corrected chi connectivity index (χ1v) is 36.2. The molecule has 0 aliphatic carbocycles. The Hall–Kier alpha value is -14.1. The van der Waals surface area contributed by atoms with Crippen LogP contribution in [0, 0.1) is 0 Å². The third-order valence-corrected chi connectivity index (χ3v) is 19.9. The Bertz CT molecular complexity index is 5170. The van der Waals surface area contributed by atoms with Crippen LogP contribution >= 0.6 is 0 Å². The lowest BCUT2D eigenvalue weighted by Gasteiger charge is -2.26. The lowest BCUT2D eigenvalue weighted by Crippen LogP contribution is -2.10. The molecule has 0 aliphatic rings. The molecule has 502 valence electrons. The van der Waals surface area contributed by atoms with E-state index in [9.17, 15) is 0 Å². The predicted molar refractivity (Wildman–Crippen MR) is 449 cm³/mol. The number of hydrogen-bond acceptors (Lipinski definition) is 4. The van der Waals surface area contributed by atoms with Gasteiger partial charge in [-0.1, -0.05) is 297 Å². The summed E-state index contributed by atoms with van der Waals surface area (Å²) < 4.78 is 0. The molecule has 0 heterocycles. The van der Waals surface area contributed by atoms with Gasteiger partial charge in [-0.25, -0.2) is 0 Å². The third-order valence-electron chi connectivity index (χ3n) is 19.9. The molecule has 17 aromatic rings. The van der Waals surface area contributed by atoms with E-state index in [0.29, 0.717) is 0 Å². The highest BCUT2D eigenvalue weighted by Gasteiger charge is 2.20. The molecule has 0 fully saturated rings. The van der Waals surface area contributed by atoms with Crippen LogP contribution in [0.4, 0.5) is 68.2 Å². The second-order valence-electron chi connectivity index (χ2n) is 26.5. The van der Waals surface area contributed by atoms with Crippen molar-refractivity contribution in [2.45, 2.75) is 0 Å². The molecule has 17 aromatic carbocycles. The lowest BCUT2D eigenvalue weighted by atomic mass is 9.98. The van der Waals surface area contributed by atoms with E-state index in [4.69, 9.17) is 0 Å². The summed E-state index contributed by atoms with van der Waals surface area (Å²) in [4.78, 5) is 9.34. The van der Waals surface area contributed by atoms with Crippen LogP contribution < -0.4 is 19.6 Å². The van der Waals surface area contributed by atoms with Crippen LogP contribution in [-0.4, -0.2) is 0 Å². The lowest BCUT2D eigenvalue weighted by molar-refractivity contribution is 1.28. The number of rotatable bonds is 20. The van der Waals surface area contributed by atoms with Gasteiger partial charge >= 0.3 is 0 Å². The SMILES string of the molecule is c1ccc(-c2ccc(N(c3ccc(-c4ccccc4)cc3)c3ccc(-c4ccc(N(c5ccccc5)c5ccc(-c6cccc(-c7ccc(N(c8ccccc8)c8ccc(-c9ccc(N(c%10ccc(-c%11ccccc%11)cc%10)c%10ccc(-c%11ccccc%11)cc%10)cc9)cc8)cc7)c6)cc5)cc4)cc3)cc2)cc1. The molecular weight excluding hydrogens is 1280 g/mol. The Balaban J connectivity index is 0.594. The second kappa shape index (κ2) is 30.3. The summed E-state index contributed by atoms with van der Waals surface area (Å²) in [7, 11) is 0. The molecule has 0 bridgehead atoms. The molecule has 0 unspecified atom stereocenters. The first kappa shape index (κ1) is 65.3. The Kier molecular flexibility index (Phi) is 18.6. The van der Waals surface area contributed by atoms with E-state index in [1.165, 1.54) is 44.5 Å². The maximum atomic E-state index is 2.34. The Morgan fingerprint density at radius 1 is 0.0849 bits per heavy atom. The molecule has 0 saturated heterocycles. The van der Waals surface area contributed by atoms with Gasteiger partial charge in [0.05, 0.1) is 0 Å². The first-order chi connectivity index (χ1) is 52.5. The van der Waals surface area contributed by atoms with E-state index in [2.05, 4.69) is 469 Å². The van der Waals surface area contributed by atoms with Crippen LogP contribution in [0.2, 0.25) is 0 Å². The van der Waals surface area contributed by atoms with Gasteiger partial charge in [0, 0.05) is 68.2 Å². The highest BCUT2D eigenvalue weighted by Crippen LogP contribution is 2.44. The zero-order valence-electron chi connectivity index (χ0n) is 58.5. The number of nitrogens with zero attached hydrogens (tertiary/aromatic N) is 4. The summed E-state index contributed by atoms with van der Waals surface area (Å²) >= 11 is 0. The molecular formula is C102H74N4. The van der Waals surface area contributed by atoms with Crippen molar-refractivity contribution in [1.29, 1.82) is 0 Å². The van der Waals surface area contributed by atoms with E-state index in [-0.39, 0.29) is 0 Å². The van der Waals surface area contributed by atoms with Gasteiger partial charge < -0.3 is 19.6 Å². The summed E-state index contributed by atoms with van der Waals surface area (Å²) in [5, 5.41) is 0. The molecule has 17 rings (SSSR count). The average Bonchev–Trinajstić information content (AvgIpc) is 0.799. The molecule has 0 aliphatic heterocycles. The predicted octanol–water partition coefficient (Wildman–Crippen LogP) is 28.9. The van der Waals surface area contributed by atoms with Crippen molar-refractivity contribution in [1.82, 2.24) is 0 Å². The smallest absolute Gasteiger partial charge is 0.0462 e. The minimum atomic E-state index is 1.07. The van der Waals surface area contributed by atoms with Crippen LogP contribution in [0.25, 0.3) is 89.0 Å². The number of anilines is 12. The van der Waals surface area contributed by atoms with E-state index < -0.39 is 0 Å². The minimum absolute atomic E-state index is 1.07. The zero-order chi connectivity index (χ0) is 70.8. The molecule has 0 aromatic heterocycles. The highest BCUT2D eigenvalue weighted by molar-refractivity contribution is 5.87. The van der Waals surface area contributed by atoms with Crippen molar-refractivity contribution < 1.29 is 0 Å². The third kappa shape index (κ3) is 14.2. The molecule has 0 N–H and O–H groups in total. The summed E-state index contributed by atoms with van der Waals surface area (Å²) in [5.41, 5.74) is 31.7. The molecule has 0 saturated carbocycles. The van der Waals surface area contributed by atoms with Gasteiger partial charge in [0.15, 0.2) is 0 Å². The van der Waals surface area contributed by atoms with E-state index in [0.717, 1.165) is 113 Å². The van der Waals surface area contributed by atoms with Gasteiger partial charge in [-0.2, -0.15) is 0 Å². The van der Waals surface area contributed by atoms with E-state index in [1.807, 2.05) is 0 Å². The van der Waals surface area contributed by atoms with Gasteiger partial charge in [0.25, 0.3) is 0 Å². The molecule has 0 radical (unpaired) electrons. The topological polar surface area (TPSA) is 13.0 Å². The fourth-order valence-electron chi connectivity index (χ4n) is 14.4. The molecule has 0 atom stereocenters. The molecule has 106 heavy (non-hydrogen) atoms. The monoisotopic (exact) mass is 1350 g/mol. The van der Waals surface area contributed by atoms with Crippen LogP contribution in [0.3, 0.4) is 0 Å². The van der Waals surface area contributed by atoms with E-state index >= 15 is 0 Å². The zero-order valence-corrected chi connectivity index (χ0v) is 58.5. The number of para-hydroxylation sites is 2. The maximum Gasteiger partial charge on any atom is 0.0462 e. The Morgan fingerprint density at radius 3 is 0.358 bits per heavy atom. The van der Waals surface area contributed by atoms with Crippen LogP contribution in [0.5, 0.6) is 0 Å². The van der Waals surface area contributed by atoms with Crippen molar-refractivity contribution in [2.75, 3.05) is 19.6 Å². The first-order valence-electron chi connectivity index (χ1n) is 36.2. The van der Waals surface area contributed by atoms with Crippen molar-refractivity contribution in [3.63, 3.8) is 0 Å². The Labute approximate surface area is 621 Å². The quantitative estimate of drug-likeness (QED) is 0.0754. The molecule has 4 nitrogen and oxygen atoms in total. The molecule has 0 spiro atoms. The number of hydrogen-bond donors (Lipinski definition) is 0. The maximum absolute atomic E-state index is 2.34. The largest absolute Gasteiger partial charge is 0.311 e. The van der Waals surface area contributed by atoms with Gasteiger partial charge in [0.2, 0.25) is 0 Å². The average molecular weight is 1360 g/mol. The summed E-state index contributed by atoms with van der Waals surface area (Å²) in [5.74, 6) is 0. The van der Waals surface area contributed by atoms with Gasteiger partial charge in [-0.15, -0.1) is 0 Å². The van der Waals surface area contributed by atoms with E-state index in [1.54, 1.807) is 0 Å². The van der Waals surface area contributed by atoms with Crippen molar-refractivity contribution in [3.05, 3.63) is 449 Å². The van der Waals surface area contributed by atoms with Crippen molar-refractivity contribution in [3.8, 4) is 89.0 Å². The fourth-order valence-corrected chi connectivity index (χ4v) is 14.4. The van der Waals surface area contributed by atoms with Crippen molar-refractivity contribution >= 4 is 68.2 Å². The van der Waals surface area contributed by atoms with Crippen LogP contribution in [0.15, 0.2) is 449 Å². The van der Waals surface area contributed by atoms with Crippen molar-refractivity contribution in [2.24, 2.45) is 0 Å². The summed E-state index contributed by atoms with van der Waals surface area (Å²) in [6, 6.07) is 162. The summed E-state index contributed by atoms with van der Waals surface area (Å²) in [6.07, 6.45) is 0. The second-order valence-corrected chi connectivity index (χ2v) is 26.5. The summed E-state index contributed by atoms with van der Waals surface area (Å²) in [6.45, 7) is 0. The highest BCUT2D eigenvalue weighted by atomic mass is 15.2. The van der Waals surface area contributed by atoms with Crippen LogP contribution in [0.1, 0.15) is 0 Å². The molecule has 0 amide bonds. The number of benzene rings is 17. The minimum Gasteiger partial charge on any atom is -0.311 e. The normalized spacial score (nSPS) is 11.0. The van der Waals surface area contributed by atoms with Gasteiger partial charge in [0.1, 0.15) is 0 Å². The fraction of sp³-hybridized carbons (Fsp3) is 0. The van der Waals surface area contributed by atoms with Crippen LogP contribution in [-0.2, 0) is 0 Å². The standard InChI is InChI=1S/C102H74N4/c1-7-20-75(21-8-1)79-34-54-97(55-35-79)105(98-56-36-80(37-57-98)76-22-9-2-10-23-76)101-66-46-85(47-67-101)83-42-62-93(63-43-83)103(91-30-15-5-16-31-91)95-70-50-87(51-71-95)89-28-19-29-90(74-89)88-52-72-96(73-53-88)104(92-32-17-6-18-33-92)94-64-44-84(45-65-94)86-48-68-102(69-49-86)106(99-58-38-81(39-59-99)77-24-11-3-12-25-77)100-60-40-82(41-61-100)78-26-13-4-14-27-78/h1-74H. The van der Waals surface area contributed by atoms with Gasteiger partial charge in [-0.3, -0.25) is 0 Å². The molecule has 4 heteroatoms. The van der Waals surface area contributed by atoms with Gasteiger partial charge in [-0.05, 0) is 241 Å². The Morgan fingerprint density at radius 2 is 0.198 bits per heavy atom.